The molecule has 0 radical (unpaired) electrons. The van der Waals surface area contributed by atoms with E-state index < -0.39 is 6.10 Å². The first-order valence-electron chi connectivity index (χ1n) is 5.07. The van der Waals surface area contributed by atoms with Crippen molar-refractivity contribution < 1.29 is 9.50 Å². The van der Waals surface area contributed by atoms with Gasteiger partial charge in [-0.15, -0.1) is 0 Å². The highest BCUT2D eigenvalue weighted by atomic mass is 79.9. The second kappa shape index (κ2) is 4.15. The lowest BCUT2D eigenvalue weighted by Crippen LogP contribution is -2.25. The third-order valence-electron chi connectivity index (χ3n) is 2.89. The molecule has 0 saturated heterocycles. The van der Waals surface area contributed by atoms with Gasteiger partial charge in [0.1, 0.15) is 5.83 Å². The van der Waals surface area contributed by atoms with Crippen molar-refractivity contribution in [2.45, 2.75) is 36.6 Å². The summed E-state index contributed by atoms with van der Waals surface area (Å²) in [6, 6.07) is 0. The predicted octanol–water partition coefficient (Wildman–Crippen LogP) is 3.09. The van der Waals surface area contributed by atoms with Gasteiger partial charge in [0.2, 0.25) is 0 Å². The summed E-state index contributed by atoms with van der Waals surface area (Å²) in [6.45, 7) is 0. The van der Waals surface area contributed by atoms with Gasteiger partial charge in [-0.3, -0.25) is 0 Å². The Hall–Kier alpha value is -0.150. The minimum absolute atomic E-state index is 0.169. The van der Waals surface area contributed by atoms with Gasteiger partial charge in [0.15, 0.2) is 0 Å². The zero-order valence-electron chi connectivity index (χ0n) is 7.92. The van der Waals surface area contributed by atoms with E-state index in [1.807, 2.05) is 6.08 Å². The summed E-state index contributed by atoms with van der Waals surface area (Å²) in [5.74, 6) is 0.211. The Morgan fingerprint density at radius 3 is 2.79 bits per heavy atom. The highest BCUT2D eigenvalue weighted by Gasteiger charge is 2.36. The van der Waals surface area contributed by atoms with Crippen molar-refractivity contribution in [3.05, 3.63) is 23.6 Å². The molecule has 0 amide bonds. The smallest absolute Gasteiger partial charge is 0.123 e. The maximum absolute atomic E-state index is 13.4. The summed E-state index contributed by atoms with van der Waals surface area (Å²) in [5, 5.41) is 9.86. The summed E-state index contributed by atoms with van der Waals surface area (Å²) in [5.41, 5.74) is 0.729. The molecule has 78 valence electrons. The summed E-state index contributed by atoms with van der Waals surface area (Å²) in [6.07, 6.45) is 6.68. The van der Waals surface area contributed by atoms with Crippen molar-refractivity contribution in [2.75, 3.05) is 0 Å². The monoisotopic (exact) mass is 260 g/mol. The van der Waals surface area contributed by atoms with Crippen molar-refractivity contribution in [3.63, 3.8) is 0 Å². The summed E-state index contributed by atoms with van der Waals surface area (Å²) >= 11 is 3.40. The standard InChI is InChI=1S/C11H14BrFO/c12-10(11(14)7-5-6-7)8-3-1-2-4-9(8)13/h2,4,7,10-11,14H,1,3,5-6H2. The van der Waals surface area contributed by atoms with E-state index in [1.165, 1.54) is 6.08 Å². The van der Waals surface area contributed by atoms with E-state index in [0.29, 0.717) is 5.92 Å². The van der Waals surface area contributed by atoms with E-state index in [2.05, 4.69) is 15.9 Å². The zero-order valence-corrected chi connectivity index (χ0v) is 9.50. The number of alkyl halides is 1. The average molecular weight is 261 g/mol. The molecule has 0 aliphatic heterocycles. The Morgan fingerprint density at radius 2 is 2.21 bits per heavy atom. The molecule has 1 fully saturated rings. The van der Waals surface area contributed by atoms with Gasteiger partial charge >= 0.3 is 0 Å². The van der Waals surface area contributed by atoms with Crippen molar-refractivity contribution >= 4 is 15.9 Å². The van der Waals surface area contributed by atoms with E-state index in [0.717, 1.165) is 31.3 Å². The van der Waals surface area contributed by atoms with Crippen molar-refractivity contribution in [3.8, 4) is 0 Å². The summed E-state index contributed by atoms with van der Waals surface area (Å²) in [7, 11) is 0. The number of halogens is 2. The maximum atomic E-state index is 13.4. The molecule has 2 unspecified atom stereocenters. The average Bonchev–Trinajstić information content (AvgIpc) is 3.00. The van der Waals surface area contributed by atoms with E-state index >= 15 is 0 Å². The van der Waals surface area contributed by atoms with Crippen molar-refractivity contribution in [2.24, 2.45) is 5.92 Å². The lowest BCUT2D eigenvalue weighted by molar-refractivity contribution is 0.156. The van der Waals surface area contributed by atoms with Crippen LogP contribution in [0.3, 0.4) is 0 Å². The quantitative estimate of drug-likeness (QED) is 0.774. The third-order valence-corrected chi connectivity index (χ3v) is 3.98. The molecule has 1 nitrogen and oxygen atoms in total. The Kier molecular flexibility index (Phi) is 3.07. The largest absolute Gasteiger partial charge is 0.391 e. The van der Waals surface area contributed by atoms with Crippen molar-refractivity contribution in [1.82, 2.24) is 0 Å². The molecule has 2 rings (SSSR count). The van der Waals surface area contributed by atoms with Crippen LogP contribution in [-0.2, 0) is 0 Å². The van der Waals surface area contributed by atoms with E-state index in [1.54, 1.807) is 0 Å². The molecule has 0 heterocycles. The number of hydrogen-bond acceptors (Lipinski definition) is 1. The molecule has 2 aliphatic carbocycles. The van der Waals surface area contributed by atoms with Crippen LogP contribution in [0.4, 0.5) is 4.39 Å². The molecule has 0 bridgehead atoms. The van der Waals surface area contributed by atoms with Crippen LogP contribution in [0, 0.1) is 5.92 Å². The van der Waals surface area contributed by atoms with Crippen LogP contribution in [0.25, 0.3) is 0 Å². The molecule has 1 N–H and O–H groups in total. The minimum Gasteiger partial charge on any atom is -0.391 e. The summed E-state index contributed by atoms with van der Waals surface area (Å²) in [4.78, 5) is -0.194. The van der Waals surface area contributed by atoms with Crippen LogP contribution in [-0.4, -0.2) is 16.0 Å². The van der Waals surface area contributed by atoms with Crippen molar-refractivity contribution in [1.29, 1.82) is 0 Å². The predicted molar refractivity (Wildman–Crippen MR) is 58.0 cm³/mol. The fourth-order valence-electron chi connectivity index (χ4n) is 1.80. The first-order valence-corrected chi connectivity index (χ1v) is 5.99. The molecule has 14 heavy (non-hydrogen) atoms. The molecule has 0 aromatic rings. The van der Waals surface area contributed by atoms with E-state index in [9.17, 15) is 9.50 Å². The number of allylic oxidation sites excluding steroid dienone is 3. The second-order valence-electron chi connectivity index (χ2n) is 4.04. The molecule has 0 aromatic heterocycles. The molecule has 3 heteroatoms. The maximum Gasteiger partial charge on any atom is 0.123 e. The van der Waals surface area contributed by atoms with Gasteiger partial charge in [-0.25, -0.2) is 4.39 Å². The number of aliphatic hydroxyl groups is 1. The first-order chi connectivity index (χ1) is 6.70. The molecule has 0 aromatic carbocycles. The van der Waals surface area contributed by atoms with Crippen LogP contribution in [0.5, 0.6) is 0 Å². The van der Waals surface area contributed by atoms with Gasteiger partial charge in [0, 0.05) is 0 Å². The number of rotatable bonds is 3. The lowest BCUT2D eigenvalue weighted by atomic mass is 9.96. The Labute approximate surface area is 91.8 Å². The molecular formula is C11H14BrFO. The van der Waals surface area contributed by atoms with Gasteiger partial charge in [-0.05, 0) is 43.3 Å². The Balaban J connectivity index is 2.08. The number of hydrogen-bond donors (Lipinski definition) is 1. The van der Waals surface area contributed by atoms with Crippen LogP contribution >= 0.6 is 15.9 Å². The van der Waals surface area contributed by atoms with E-state index in [4.69, 9.17) is 0 Å². The van der Waals surface area contributed by atoms with Crippen LogP contribution in [0.2, 0.25) is 0 Å². The Morgan fingerprint density at radius 1 is 1.50 bits per heavy atom. The van der Waals surface area contributed by atoms with Gasteiger partial charge < -0.3 is 5.11 Å². The van der Waals surface area contributed by atoms with Crippen LogP contribution < -0.4 is 0 Å². The normalized spacial score (nSPS) is 26.5. The third kappa shape index (κ3) is 2.09. The zero-order chi connectivity index (χ0) is 10.1. The Bertz CT molecular complexity index is 281. The molecular weight excluding hydrogens is 247 g/mol. The molecule has 2 aliphatic rings. The topological polar surface area (TPSA) is 20.2 Å². The van der Waals surface area contributed by atoms with Gasteiger partial charge in [-0.1, -0.05) is 22.0 Å². The van der Waals surface area contributed by atoms with Gasteiger partial charge in [0.25, 0.3) is 0 Å². The van der Waals surface area contributed by atoms with Crippen LogP contribution in [0.15, 0.2) is 23.6 Å². The fourth-order valence-corrected chi connectivity index (χ4v) is 2.68. The highest BCUT2D eigenvalue weighted by Crippen LogP contribution is 2.39. The van der Waals surface area contributed by atoms with Gasteiger partial charge in [0.05, 0.1) is 10.9 Å². The SMILES string of the molecule is OC(C1CC1)C(Br)C1=C(F)C=CCC1. The first kappa shape index (κ1) is 10.4. The van der Waals surface area contributed by atoms with Gasteiger partial charge in [-0.2, -0.15) is 0 Å². The fraction of sp³-hybridized carbons (Fsp3) is 0.636. The molecule has 2 atom stereocenters. The lowest BCUT2D eigenvalue weighted by Gasteiger charge is -2.21. The van der Waals surface area contributed by atoms with E-state index in [-0.39, 0.29) is 10.7 Å². The molecule has 1 saturated carbocycles. The highest BCUT2D eigenvalue weighted by molar-refractivity contribution is 9.09. The summed E-state index contributed by atoms with van der Waals surface area (Å²) < 4.78 is 13.4. The van der Waals surface area contributed by atoms with Crippen LogP contribution in [0.1, 0.15) is 25.7 Å². The molecule has 0 spiro atoms. The number of aliphatic hydroxyl groups excluding tert-OH is 1. The second-order valence-corrected chi connectivity index (χ2v) is 5.03. The minimum atomic E-state index is -0.415.